The van der Waals surface area contributed by atoms with Crippen LogP contribution in [0.25, 0.3) is 0 Å². The van der Waals surface area contributed by atoms with E-state index < -0.39 is 10.5 Å². The van der Waals surface area contributed by atoms with Crippen molar-refractivity contribution in [2.45, 2.75) is 5.60 Å². The minimum atomic E-state index is -1.04. The fourth-order valence-electron chi connectivity index (χ4n) is 1.53. The van der Waals surface area contributed by atoms with E-state index in [1.165, 1.54) is 18.2 Å². The number of nitrogens with zero attached hydrogens (tertiary/aromatic N) is 1. The van der Waals surface area contributed by atoms with Crippen LogP contribution in [0, 0.1) is 10.1 Å². The van der Waals surface area contributed by atoms with Crippen LogP contribution in [-0.2, 0) is 5.60 Å². The van der Waals surface area contributed by atoms with E-state index >= 15 is 0 Å². The summed E-state index contributed by atoms with van der Waals surface area (Å²) in [5, 5.41) is 32.6. The second kappa shape index (κ2) is 3.18. The Kier molecular flexibility index (Phi) is 2.09. The number of aromatic hydroxyl groups is 1. The number of hydrogen-bond donors (Lipinski definition) is 3. The second-order valence-electron chi connectivity index (χ2n) is 3.60. The van der Waals surface area contributed by atoms with Gasteiger partial charge in [0.15, 0.2) is 5.75 Å². The van der Waals surface area contributed by atoms with E-state index in [9.17, 15) is 20.3 Å². The van der Waals surface area contributed by atoms with Crippen LogP contribution in [0.4, 0.5) is 5.69 Å². The van der Waals surface area contributed by atoms with E-state index in [1.54, 1.807) is 0 Å². The van der Waals surface area contributed by atoms with Gasteiger partial charge in [-0.25, -0.2) is 0 Å². The molecule has 0 bridgehead atoms. The third-order valence-electron chi connectivity index (χ3n) is 2.54. The molecule has 0 amide bonds. The molecule has 1 aromatic carbocycles. The molecule has 1 aliphatic heterocycles. The molecule has 0 atom stereocenters. The fraction of sp³-hybridized carbons (Fsp3) is 0.333. The van der Waals surface area contributed by atoms with Gasteiger partial charge in [-0.3, -0.25) is 10.1 Å². The maximum atomic E-state index is 10.6. The van der Waals surface area contributed by atoms with Gasteiger partial charge in [-0.05, 0) is 11.6 Å². The molecule has 2 rings (SSSR count). The Morgan fingerprint density at radius 1 is 1.47 bits per heavy atom. The number of nitro benzene ring substituents is 1. The summed E-state index contributed by atoms with van der Waals surface area (Å²) < 4.78 is 0. The standard InChI is InChI=1S/C9H10N2O4/c12-8-2-1-6(3-7(8)11(14)15)9(13)4-10-5-9/h1-3,10,12-13H,4-5H2. The molecule has 1 aromatic rings. The quantitative estimate of drug-likeness (QED) is 0.475. The highest BCUT2D eigenvalue weighted by Crippen LogP contribution is 2.32. The van der Waals surface area contributed by atoms with Gasteiger partial charge < -0.3 is 15.5 Å². The molecule has 6 heteroatoms. The number of phenols is 1. The Bertz CT molecular complexity index is 415. The molecular formula is C9H10N2O4. The minimum Gasteiger partial charge on any atom is -0.502 e. The van der Waals surface area contributed by atoms with Gasteiger partial charge in [-0.15, -0.1) is 0 Å². The average Bonchev–Trinajstić information content (AvgIpc) is 2.14. The summed E-state index contributed by atoms with van der Waals surface area (Å²) in [6, 6.07) is 3.92. The largest absolute Gasteiger partial charge is 0.502 e. The highest BCUT2D eigenvalue weighted by molar-refractivity contribution is 5.49. The molecule has 0 saturated carbocycles. The third kappa shape index (κ3) is 1.53. The second-order valence-corrected chi connectivity index (χ2v) is 3.60. The molecule has 0 aromatic heterocycles. The van der Waals surface area contributed by atoms with Crippen LogP contribution in [0.2, 0.25) is 0 Å². The van der Waals surface area contributed by atoms with Crippen molar-refractivity contribution in [3.05, 3.63) is 33.9 Å². The van der Waals surface area contributed by atoms with Crippen molar-refractivity contribution in [3.63, 3.8) is 0 Å². The highest BCUT2D eigenvalue weighted by Gasteiger charge is 2.37. The summed E-state index contributed by atoms with van der Waals surface area (Å²) in [4.78, 5) is 9.88. The number of hydrogen-bond acceptors (Lipinski definition) is 5. The SMILES string of the molecule is O=[N+]([O-])c1cc(C2(O)CNC2)ccc1O. The minimum absolute atomic E-state index is 0.370. The summed E-state index contributed by atoms with van der Waals surface area (Å²) in [6.07, 6.45) is 0. The maximum absolute atomic E-state index is 10.6. The normalized spacial score (nSPS) is 18.2. The fourth-order valence-corrected chi connectivity index (χ4v) is 1.53. The number of rotatable bonds is 2. The van der Waals surface area contributed by atoms with Gasteiger partial charge in [0.2, 0.25) is 0 Å². The summed E-state index contributed by atoms with van der Waals surface area (Å²) in [7, 11) is 0. The van der Waals surface area contributed by atoms with Crippen molar-refractivity contribution in [1.29, 1.82) is 0 Å². The van der Waals surface area contributed by atoms with Gasteiger partial charge in [0.05, 0.1) is 4.92 Å². The lowest BCUT2D eigenvalue weighted by atomic mass is 9.88. The Morgan fingerprint density at radius 3 is 2.60 bits per heavy atom. The molecular weight excluding hydrogens is 200 g/mol. The van der Waals surface area contributed by atoms with Crippen LogP contribution < -0.4 is 5.32 Å². The number of phenolic OH excluding ortho intramolecular Hbond substituents is 1. The van der Waals surface area contributed by atoms with Gasteiger partial charge in [-0.1, -0.05) is 6.07 Å². The molecule has 6 nitrogen and oxygen atoms in total. The zero-order chi connectivity index (χ0) is 11.1. The van der Waals surface area contributed by atoms with Gasteiger partial charge in [0.25, 0.3) is 0 Å². The smallest absolute Gasteiger partial charge is 0.311 e. The van der Waals surface area contributed by atoms with Crippen LogP contribution in [-0.4, -0.2) is 28.2 Å². The molecule has 1 fully saturated rings. The molecule has 80 valence electrons. The molecule has 1 aliphatic rings. The van der Waals surface area contributed by atoms with E-state index in [1.807, 2.05) is 0 Å². The van der Waals surface area contributed by atoms with Gasteiger partial charge >= 0.3 is 5.69 Å². The van der Waals surface area contributed by atoms with E-state index in [4.69, 9.17) is 0 Å². The molecule has 15 heavy (non-hydrogen) atoms. The average molecular weight is 210 g/mol. The van der Waals surface area contributed by atoms with Crippen LogP contribution in [0.1, 0.15) is 5.56 Å². The van der Waals surface area contributed by atoms with Crippen LogP contribution in [0.3, 0.4) is 0 Å². The van der Waals surface area contributed by atoms with Crippen molar-refractivity contribution in [2.24, 2.45) is 0 Å². The molecule has 0 unspecified atom stereocenters. The lowest BCUT2D eigenvalue weighted by Crippen LogP contribution is -2.56. The first kappa shape index (κ1) is 9.88. The number of β-amino-alcohol motifs (C(OH)–C–C–N with tert-alkyl or cyclic N) is 1. The predicted octanol–water partition coefficient (Wildman–Crippen LogP) is 0.0912. The first-order valence-electron chi connectivity index (χ1n) is 4.44. The van der Waals surface area contributed by atoms with Gasteiger partial charge in [-0.2, -0.15) is 0 Å². The third-order valence-corrected chi connectivity index (χ3v) is 2.54. The predicted molar refractivity (Wildman–Crippen MR) is 51.5 cm³/mol. The van der Waals surface area contributed by atoms with E-state index in [2.05, 4.69) is 5.32 Å². The monoisotopic (exact) mass is 210 g/mol. The first-order chi connectivity index (χ1) is 7.03. The maximum Gasteiger partial charge on any atom is 0.311 e. The summed E-state index contributed by atoms with van der Waals surface area (Å²) >= 11 is 0. The number of aliphatic hydroxyl groups is 1. The first-order valence-corrected chi connectivity index (χ1v) is 4.44. The lowest BCUT2D eigenvalue weighted by Gasteiger charge is -2.37. The van der Waals surface area contributed by atoms with Crippen LogP contribution in [0.5, 0.6) is 5.75 Å². The van der Waals surface area contributed by atoms with Crippen molar-refractivity contribution in [3.8, 4) is 5.75 Å². The summed E-state index contributed by atoms with van der Waals surface area (Å²) in [5.74, 6) is -0.389. The molecule has 1 saturated heterocycles. The van der Waals surface area contributed by atoms with Crippen molar-refractivity contribution < 1.29 is 15.1 Å². The zero-order valence-corrected chi connectivity index (χ0v) is 7.80. The van der Waals surface area contributed by atoms with Crippen molar-refractivity contribution >= 4 is 5.69 Å². The topological polar surface area (TPSA) is 95.6 Å². The highest BCUT2D eigenvalue weighted by atomic mass is 16.6. The van der Waals surface area contributed by atoms with Crippen molar-refractivity contribution in [1.82, 2.24) is 5.32 Å². The van der Waals surface area contributed by atoms with E-state index in [0.717, 1.165) is 0 Å². The number of nitro groups is 1. The van der Waals surface area contributed by atoms with Gasteiger partial charge in [0, 0.05) is 19.2 Å². The van der Waals surface area contributed by atoms with Crippen LogP contribution >= 0.6 is 0 Å². The molecule has 1 heterocycles. The number of nitrogens with one attached hydrogen (secondary N) is 1. The Morgan fingerprint density at radius 2 is 2.13 bits per heavy atom. The molecule has 3 N–H and O–H groups in total. The van der Waals surface area contributed by atoms with E-state index in [-0.39, 0.29) is 11.4 Å². The Labute approximate surface area is 85.3 Å². The molecule has 0 radical (unpaired) electrons. The van der Waals surface area contributed by atoms with Gasteiger partial charge in [0.1, 0.15) is 5.60 Å². The molecule has 0 spiro atoms. The Balaban J connectivity index is 2.42. The lowest BCUT2D eigenvalue weighted by molar-refractivity contribution is -0.386. The summed E-state index contributed by atoms with van der Waals surface area (Å²) in [5.41, 5.74) is -0.975. The Hall–Kier alpha value is -1.66. The molecule has 0 aliphatic carbocycles. The van der Waals surface area contributed by atoms with Crippen molar-refractivity contribution in [2.75, 3.05) is 13.1 Å². The number of benzene rings is 1. The zero-order valence-electron chi connectivity index (χ0n) is 7.80. The van der Waals surface area contributed by atoms with E-state index in [0.29, 0.717) is 18.7 Å². The van der Waals surface area contributed by atoms with Crippen LogP contribution in [0.15, 0.2) is 18.2 Å². The summed E-state index contributed by atoms with van der Waals surface area (Å²) in [6.45, 7) is 0.740.